The van der Waals surface area contributed by atoms with Crippen LogP contribution in [0.15, 0.2) is 66.7 Å². The van der Waals surface area contributed by atoms with E-state index in [0.717, 1.165) is 22.3 Å². The molecule has 4 aromatic carbocycles. The van der Waals surface area contributed by atoms with E-state index in [1.165, 1.54) is 32.0 Å². The average Bonchev–Trinajstić information content (AvgIpc) is 3.56. The van der Waals surface area contributed by atoms with Gasteiger partial charge in [-0.25, -0.2) is 4.79 Å². The van der Waals surface area contributed by atoms with E-state index in [0.29, 0.717) is 28.2 Å². The van der Waals surface area contributed by atoms with Crippen LogP contribution in [-0.2, 0) is 35.0 Å². The quantitative estimate of drug-likeness (QED) is 0.0945. The van der Waals surface area contributed by atoms with Crippen LogP contribution >= 0.6 is 8.58 Å². The lowest BCUT2D eigenvalue weighted by Crippen LogP contribution is -2.52. The van der Waals surface area contributed by atoms with E-state index in [1.807, 2.05) is 60.4 Å². The van der Waals surface area contributed by atoms with Gasteiger partial charge in [-0.1, -0.05) is 69.2 Å². The lowest BCUT2D eigenvalue weighted by atomic mass is 9.73. The molecule has 0 spiro atoms. The van der Waals surface area contributed by atoms with E-state index >= 15 is 0 Å². The number of nitrogens with zero attached hydrogens (tertiary/aromatic N) is 1. The van der Waals surface area contributed by atoms with Crippen molar-refractivity contribution in [2.24, 2.45) is 5.92 Å². The fourth-order valence-electron chi connectivity index (χ4n) is 9.45. The van der Waals surface area contributed by atoms with Gasteiger partial charge in [-0.3, -0.25) is 24.1 Å². The number of Topliss-reactive ketones (excluding diaryl/α,β-unsaturated/α-hetero) is 1. The van der Waals surface area contributed by atoms with E-state index in [4.69, 9.17) is 18.9 Å². The molecule has 16 heteroatoms. The maximum absolute atomic E-state index is 14.6. The Balaban J connectivity index is 0.973. The minimum atomic E-state index is -1.17. The molecule has 0 aromatic heterocycles. The van der Waals surface area contributed by atoms with Gasteiger partial charge in [-0.2, -0.15) is 0 Å². The zero-order valence-electron chi connectivity index (χ0n) is 34.2. The largest absolute Gasteiger partial charge is 0.507 e. The summed E-state index contributed by atoms with van der Waals surface area (Å²) in [6.07, 6.45) is -3.78. The molecule has 15 nitrogen and oxygen atoms in total. The Morgan fingerprint density at radius 1 is 0.887 bits per heavy atom. The predicted octanol–water partition coefficient (Wildman–Crippen LogP) is 5.65. The monoisotopic (exact) mass is 863 g/mol. The molecule has 2 amide bonds. The number of alkyl carbamates (subject to hydrolysis) is 1. The number of hydrogen-bond donors (Lipinski definition) is 5. The standard InChI is InChI=1S/C46H46N3O12P/c1-21(47-46(57)61-44-27-11-6-4-9-25(27)26-10-5-7-12-28(26)44)45(56)48-31-14-8-13-29-36(31)42(54)39-38(40(29)52)41(53)30-17-24(22(2)50)18-32(37(30)43(39)55)60-35-19-34(62-23(3)59-35)49-15-16-58-20-33(49)51/h4-14,21,23-24,32-35,44,51,53,55,62H,15-20H2,1-3H3,(H,47,57)(H,48,56)/t21-,23+,24+,32-,33+,34+,35-/m0/s1. The second-order valence-electron chi connectivity index (χ2n) is 16.3. The number of ether oxygens (including phenoxy) is 4. The van der Waals surface area contributed by atoms with Crippen LogP contribution in [0.2, 0.25) is 0 Å². The lowest BCUT2D eigenvalue weighted by molar-refractivity contribution is -0.203. The highest BCUT2D eigenvalue weighted by Gasteiger charge is 2.45. The molecule has 2 heterocycles. The number of anilines is 1. The van der Waals surface area contributed by atoms with Gasteiger partial charge < -0.3 is 44.9 Å². The molecule has 3 aliphatic carbocycles. The van der Waals surface area contributed by atoms with Crippen LogP contribution in [0.3, 0.4) is 0 Å². The molecule has 322 valence electrons. The molecule has 2 fully saturated rings. The summed E-state index contributed by atoms with van der Waals surface area (Å²) in [5.74, 6) is -4.63. The first-order valence-corrected chi connectivity index (χ1v) is 21.8. The highest BCUT2D eigenvalue weighted by molar-refractivity contribution is 7.39. The van der Waals surface area contributed by atoms with Crippen molar-refractivity contribution in [2.45, 2.75) is 82.4 Å². The van der Waals surface area contributed by atoms with Crippen LogP contribution in [0.25, 0.3) is 11.1 Å². The molecule has 0 radical (unpaired) electrons. The Bertz CT molecular complexity index is 2480. The Labute approximate surface area is 358 Å². The van der Waals surface area contributed by atoms with Crippen molar-refractivity contribution < 1.29 is 58.2 Å². The molecule has 8 atom stereocenters. The van der Waals surface area contributed by atoms with Gasteiger partial charge in [-0.15, -0.1) is 0 Å². The molecule has 62 heavy (non-hydrogen) atoms. The fourth-order valence-corrected chi connectivity index (χ4v) is 11.0. The molecular formula is C46H46N3O12P. The second-order valence-corrected chi connectivity index (χ2v) is 18.1. The number of ketones is 3. The number of morpholine rings is 1. The van der Waals surface area contributed by atoms with Crippen LogP contribution in [0.5, 0.6) is 11.5 Å². The number of carbonyl (C=O) groups excluding carboxylic acids is 5. The van der Waals surface area contributed by atoms with Crippen molar-refractivity contribution in [3.8, 4) is 22.6 Å². The number of aliphatic hydroxyl groups is 1. The van der Waals surface area contributed by atoms with Gasteiger partial charge in [0.2, 0.25) is 5.91 Å². The van der Waals surface area contributed by atoms with Crippen molar-refractivity contribution in [3.05, 3.63) is 111 Å². The topological polar surface area (TPSA) is 210 Å². The second kappa shape index (κ2) is 16.6. The van der Waals surface area contributed by atoms with Crippen LogP contribution in [-0.4, -0.2) is 99.5 Å². The Morgan fingerprint density at radius 3 is 2.26 bits per heavy atom. The zero-order valence-corrected chi connectivity index (χ0v) is 35.2. The summed E-state index contributed by atoms with van der Waals surface area (Å²) < 4.78 is 24.0. The van der Waals surface area contributed by atoms with Gasteiger partial charge in [0.05, 0.1) is 47.5 Å². The van der Waals surface area contributed by atoms with Crippen LogP contribution in [0.4, 0.5) is 10.5 Å². The summed E-state index contributed by atoms with van der Waals surface area (Å²) in [7, 11) is 0.320. The summed E-state index contributed by atoms with van der Waals surface area (Å²) >= 11 is 0. The molecule has 4 aromatic rings. The maximum Gasteiger partial charge on any atom is 0.408 e. The molecule has 0 bridgehead atoms. The molecule has 5 N–H and O–H groups in total. The van der Waals surface area contributed by atoms with Gasteiger partial charge in [-0.05, 0) is 50.8 Å². The van der Waals surface area contributed by atoms with E-state index in [2.05, 4.69) is 10.6 Å². The smallest absolute Gasteiger partial charge is 0.408 e. The third-order valence-corrected chi connectivity index (χ3v) is 14.0. The number of phenols is 2. The lowest BCUT2D eigenvalue weighted by Gasteiger charge is -2.44. The number of benzene rings is 4. The van der Waals surface area contributed by atoms with Crippen molar-refractivity contribution >= 4 is 43.6 Å². The number of hydrogen-bond acceptors (Lipinski definition) is 13. The first-order chi connectivity index (χ1) is 29.8. The van der Waals surface area contributed by atoms with Crippen molar-refractivity contribution in [1.29, 1.82) is 0 Å². The third kappa shape index (κ3) is 7.36. The molecule has 2 saturated heterocycles. The molecule has 0 saturated carbocycles. The fraction of sp³-hybridized carbons (Fsp3) is 0.370. The van der Waals surface area contributed by atoms with Crippen LogP contribution < -0.4 is 10.6 Å². The average molecular weight is 864 g/mol. The number of rotatable bonds is 8. The van der Waals surface area contributed by atoms with Gasteiger partial charge in [0.15, 0.2) is 24.0 Å². The van der Waals surface area contributed by atoms with Gasteiger partial charge >= 0.3 is 6.09 Å². The molecular weight excluding hydrogens is 817 g/mol. The molecule has 1 unspecified atom stereocenters. The van der Waals surface area contributed by atoms with Crippen LogP contribution in [0, 0.1) is 5.92 Å². The summed E-state index contributed by atoms with van der Waals surface area (Å²) in [4.78, 5) is 70.6. The number of amides is 2. The number of aliphatic hydroxyl groups excluding tert-OH is 1. The van der Waals surface area contributed by atoms with Crippen molar-refractivity contribution in [1.82, 2.24) is 10.2 Å². The Hall–Kier alpha value is -5.54. The summed E-state index contributed by atoms with van der Waals surface area (Å²) in [5, 5.41) is 39.9. The molecule has 2 aliphatic heterocycles. The SMILES string of the molecule is CC(=O)[C@@H]1Cc2c(O)c3c(c(O)c2[C@@H](O[C@H]2C[C@H](N4CCOC[C@H]4O)P[C@H](C)O2)C1)C(=O)c1c(NC(=O)[C@H](C)NC(=O)OC2c4ccccc4-c4ccccc42)cccc1C3=O. The Kier molecular flexibility index (Phi) is 11.2. The van der Waals surface area contributed by atoms with Crippen molar-refractivity contribution in [2.75, 3.05) is 25.1 Å². The molecule has 5 aliphatic rings. The number of fused-ring (bicyclic) bond motifs is 6. The number of nitrogens with one attached hydrogen (secondary N) is 2. The predicted molar refractivity (Wildman–Crippen MR) is 225 cm³/mol. The van der Waals surface area contributed by atoms with Crippen LogP contribution in [0.1, 0.15) is 99.9 Å². The molecule has 9 rings (SSSR count). The zero-order chi connectivity index (χ0) is 43.6. The maximum atomic E-state index is 14.6. The summed E-state index contributed by atoms with van der Waals surface area (Å²) in [5.41, 5.74) is 2.42. The Morgan fingerprint density at radius 2 is 1.56 bits per heavy atom. The first kappa shape index (κ1) is 41.8. The van der Waals surface area contributed by atoms with Gasteiger partial charge in [0.25, 0.3) is 0 Å². The highest BCUT2D eigenvalue weighted by Crippen LogP contribution is 2.52. The minimum absolute atomic E-state index is 0.0133. The van der Waals surface area contributed by atoms with E-state index < -0.39 is 82.9 Å². The van der Waals surface area contributed by atoms with Gasteiger partial charge in [0.1, 0.15) is 29.6 Å². The van der Waals surface area contributed by atoms with Gasteiger partial charge in [0, 0.05) is 52.5 Å². The third-order valence-electron chi connectivity index (χ3n) is 12.5. The minimum Gasteiger partial charge on any atom is -0.507 e. The number of phenolic OH excluding ortho intramolecular Hbond substituents is 2. The summed E-state index contributed by atoms with van der Waals surface area (Å²) in [6.45, 7) is 5.92. The number of carbonyl (C=O) groups is 5. The van der Waals surface area contributed by atoms with E-state index in [-0.39, 0.29) is 64.8 Å². The van der Waals surface area contributed by atoms with Crippen molar-refractivity contribution in [3.63, 3.8) is 0 Å². The van der Waals surface area contributed by atoms with E-state index in [9.17, 15) is 39.3 Å². The van der Waals surface area contributed by atoms with E-state index in [1.54, 1.807) is 0 Å². The summed E-state index contributed by atoms with van der Waals surface area (Å²) in [6, 6.07) is 18.3. The first-order valence-electron chi connectivity index (χ1n) is 20.7. The highest BCUT2D eigenvalue weighted by atomic mass is 31.1. The normalized spacial score (nSPS) is 25.2. The number of aromatic hydroxyl groups is 2.